The highest BCUT2D eigenvalue weighted by atomic mass is 35.5. The summed E-state index contributed by atoms with van der Waals surface area (Å²) in [5.41, 5.74) is 1.24. The van der Waals surface area contributed by atoms with Crippen LogP contribution in [-0.4, -0.2) is 50.6 Å². The Morgan fingerprint density at radius 2 is 1.38 bits per heavy atom. The van der Waals surface area contributed by atoms with E-state index < -0.39 is 17.7 Å². The van der Waals surface area contributed by atoms with Crippen LogP contribution in [0.1, 0.15) is 31.1 Å². The van der Waals surface area contributed by atoms with Crippen molar-refractivity contribution in [3.63, 3.8) is 0 Å². The molecule has 1 aliphatic rings. The summed E-state index contributed by atoms with van der Waals surface area (Å²) in [5, 5.41) is 0.477. The molecule has 34 heavy (non-hydrogen) atoms. The van der Waals surface area contributed by atoms with Crippen LogP contribution in [0.25, 0.3) is 0 Å². The Morgan fingerprint density at radius 3 is 1.85 bits per heavy atom. The third-order valence-electron chi connectivity index (χ3n) is 5.46. The summed E-state index contributed by atoms with van der Waals surface area (Å²) in [4.78, 5) is 42.0. The van der Waals surface area contributed by atoms with E-state index in [0.717, 1.165) is 4.90 Å². The number of rotatable bonds is 7. The highest BCUT2D eigenvalue weighted by molar-refractivity contribution is 6.30. The molecule has 0 N–H and O–H groups in total. The molecule has 0 fully saturated rings. The zero-order valence-corrected chi connectivity index (χ0v) is 19.5. The van der Waals surface area contributed by atoms with Crippen LogP contribution < -0.4 is 19.1 Å². The number of halogens is 1. The maximum atomic E-state index is 13.7. The molecule has 1 aliphatic heterocycles. The van der Waals surface area contributed by atoms with Gasteiger partial charge in [-0.15, -0.1) is 0 Å². The van der Waals surface area contributed by atoms with Crippen molar-refractivity contribution in [2.75, 3.05) is 32.9 Å². The van der Waals surface area contributed by atoms with E-state index in [2.05, 4.69) is 0 Å². The fraction of sp³-hybridized carbons (Fsp3) is 0.160. The molecule has 0 bridgehead atoms. The number of anilines is 1. The number of fused-ring (bicyclic) bond motifs is 1. The first-order chi connectivity index (χ1) is 16.4. The second-order valence-electron chi connectivity index (χ2n) is 7.35. The predicted molar refractivity (Wildman–Crippen MR) is 126 cm³/mol. The van der Waals surface area contributed by atoms with Gasteiger partial charge < -0.3 is 14.2 Å². The minimum absolute atomic E-state index is 0.209. The lowest BCUT2D eigenvalue weighted by atomic mass is 10.1. The molecule has 3 amide bonds. The van der Waals surface area contributed by atoms with Gasteiger partial charge >= 0.3 is 0 Å². The van der Waals surface area contributed by atoms with Crippen molar-refractivity contribution in [2.24, 2.45) is 0 Å². The monoisotopic (exact) mass is 480 g/mol. The maximum absolute atomic E-state index is 13.7. The zero-order chi connectivity index (χ0) is 24.4. The molecule has 3 aromatic rings. The van der Waals surface area contributed by atoms with E-state index in [-0.39, 0.29) is 12.2 Å². The van der Waals surface area contributed by atoms with Crippen molar-refractivity contribution in [1.29, 1.82) is 0 Å². The predicted octanol–water partition coefficient (Wildman–Crippen LogP) is 4.27. The van der Waals surface area contributed by atoms with E-state index in [1.807, 2.05) is 0 Å². The van der Waals surface area contributed by atoms with Crippen molar-refractivity contribution in [3.05, 3.63) is 82.4 Å². The lowest BCUT2D eigenvalue weighted by Gasteiger charge is -2.27. The number of nitrogens with zero attached hydrogens (tertiary/aromatic N) is 2. The summed E-state index contributed by atoms with van der Waals surface area (Å²) in [6.45, 7) is -0.302. The summed E-state index contributed by atoms with van der Waals surface area (Å²) < 4.78 is 16.1. The molecule has 0 unspecified atom stereocenters. The van der Waals surface area contributed by atoms with Crippen LogP contribution in [0.3, 0.4) is 0 Å². The van der Waals surface area contributed by atoms with Crippen LogP contribution in [0.15, 0.2) is 60.7 Å². The van der Waals surface area contributed by atoms with Crippen molar-refractivity contribution in [1.82, 2.24) is 4.90 Å². The fourth-order valence-corrected chi connectivity index (χ4v) is 3.88. The minimum atomic E-state index is -0.488. The smallest absolute Gasteiger partial charge is 0.263 e. The third-order valence-corrected chi connectivity index (χ3v) is 5.71. The average Bonchev–Trinajstić information content (AvgIpc) is 3.11. The van der Waals surface area contributed by atoms with Gasteiger partial charge in [0.25, 0.3) is 17.7 Å². The molecule has 3 aromatic carbocycles. The number of ether oxygens (including phenoxy) is 3. The molecule has 174 valence electrons. The number of imide groups is 1. The van der Waals surface area contributed by atoms with E-state index in [1.165, 1.54) is 38.4 Å². The lowest BCUT2D eigenvalue weighted by Crippen LogP contribution is -2.44. The first-order valence-electron chi connectivity index (χ1n) is 10.2. The number of benzene rings is 3. The van der Waals surface area contributed by atoms with Crippen LogP contribution in [0, 0.1) is 0 Å². The number of hydrogen-bond donors (Lipinski definition) is 0. The number of carbonyl (C=O) groups excluding carboxylic acids is 3. The molecule has 8 nitrogen and oxygen atoms in total. The second kappa shape index (κ2) is 9.44. The lowest BCUT2D eigenvalue weighted by molar-refractivity contribution is 0.0650. The molecule has 9 heteroatoms. The van der Waals surface area contributed by atoms with Gasteiger partial charge in [0.2, 0.25) is 5.75 Å². The van der Waals surface area contributed by atoms with Crippen LogP contribution in [0.2, 0.25) is 5.02 Å². The Hall–Kier alpha value is -4.04. The third kappa shape index (κ3) is 4.04. The standard InChI is InChI=1S/C25H21ClN2O6/c1-32-20-12-15(13-21(33-2)22(20)34-3)23(29)27(17-10-8-16(26)9-11-17)14-28-24(30)18-6-4-5-7-19(18)25(28)31/h4-13H,14H2,1-3H3. The van der Waals surface area contributed by atoms with E-state index in [4.69, 9.17) is 25.8 Å². The Labute approximate surface area is 201 Å². The summed E-state index contributed by atoms with van der Waals surface area (Å²) in [7, 11) is 4.35. The molecule has 0 aliphatic carbocycles. The summed E-state index contributed by atoms with van der Waals surface area (Å²) in [6.07, 6.45) is 0. The van der Waals surface area contributed by atoms with E-state index in [1.54, 1.807) is 48.5 Å². The van der Waals surface area contributed by atoms with E-state index in [9.17, 15) is 14.4 Å². The van der Waals surface area contributed by atoms with Crippen LogP contribution >= 0.6 is 11.6 Å². The Kier molecular flexibility index (Phi) is 6.43. The van der Waals surface area contributed by atoms with Gasteiger partial charge in [-0.3, -0.25) is 24.2 Å². The van der Waals surface area contributed by atoms with Gasteiger partial charge in [0.1, 0.15) is 6.67 Å². The quantitative estimate of drug-likeness (QED) is 0.469. The molecule has 0 spiro atoms. The van der Waals surface area contributed by atoms with Gasteiger partial charge in [0, 0.05) is 16.3 Å². The van der Waals surface area contributed by atoms with Crippen molar-refractivity contribution in [3.8, 4) is 17.2 Å². The van der Waals surface area contributed by atoms with Crippen LogP contribution in [-0.2, 0) is 0 Å². The SMILES string of the molecule is COc1cc(C(=O)N(CN2C(=O)c3ccccc3C2=O)c2ccc(Cl)cc2)cc(OC)c1OC. The van der Waals surface area contributed by atoms with Gasteiger partial charge in [0.15, 0.2) is 11.5 Å². The molecule has 4 rings (SSSR count). The molecular formula is C25H21ClN2O6. The molecule has 0 aromatic heterocycles. The van der Waals surface area contributed by atoms with E-state index in [0.29, 0.717) is 39.1 Å². The van der Waals surface area contributed by atoms with Crippen molar-refractivity contribution in [2.45, 2.75) is 0 Å². The van der Waals surface area contributed by atoms with Gasteiger partial charge in [-0.05, 0) is 48.5 Å². The number of methoxy groups -OCH3 is 3. The topological polar surface area (TPSA) is 85.4 Å². The molecule has 0 saturated carbocycles. The normalized spacial score (nSPS) is 12.4. The Bertz CT molecular complexity index is 1210. The van der Waals surface area contributed by atoms with Gasteiger partial charge in [-0.2, -0.15) is 0 Å². The first-order valence-corrected chi connectivity index (χ1v) is 10.6. The number of carbonyl (C=O) groups is 3. The Morgan fingerprint density at radius 1 is 0.853 bits per heavy atom. The summed E-state index contributed by atoms with van der Waals surface area (Å²) >= 11 is 6.03. The fourth-order valence-electron chi connectivity index (χ4n) is 3.75. The van der Waals surface area contributed by atoms with Crippen molar-refractivity contribution >= 4 is 35.0 Å². The van der Waals surface area contributed by atoms with Gasteiger partial charge in [-0.25, -0.2) is 0 Å². The Balaban J connectivity index is 1.76. The number of amides is 3. The van der Waals surface area contributed by atoms with Crippen LogP contribution in [0.4, 0.5) is 5.69 Å². The molecule has 0 saturated heterocycles. The first kappa shape index (κ1) is 23.1. The zero-order valence-electron chi connectivity index (χ0n) is 18.7. The van der Waals surface area contributed by atoms with Gasteiger partial charge in [-0.1, -0.05) is 23.7 Å². The summed E-state index contributed by atoms with van der Waals surface area (Å²) in [6, 6.07) is 16.1. The highest BCUT2D eigenvalue weighted by Gasteiger charge is 2.37. The average molecular weight is 481 g/mol. The highest BCUT2D eigenvalue weighted by Crippen LogP contribution is 2.39. The van der Waals surface area contributed by atoms with Crippen LogP contribution in [0.5, 0.6) is 17.2 Å². The summed E-state index contributed by atoms with van der Waals surface area (Å²) in [5.74, 6) is -0.517. The molecule has 1 heterocycles. The second-order valence-corrected chi connectivity index (χ2v) is 7.79. The van der Waals surface area contributed by atoms with E-state index >= 15 is 0 Å². The number of hydrogen-bond acceptors (Lipinski definition) is 6. The molecular weight excluding hydrogens is 460 g/mol. The largest absolute Gasteiger partial charge is 0.493 e. The maximum Gasteiger partial charge on any atom is 0.263 e. The van der Waals surface area contributed by atoms with Gasteiger partial charge in [0.05, 0.1) is 32.5 Å². The molecule has 0 atom stereocenters. The minimum Gasteiger partial charge on any atom is -0.493 e. The molecule has 0 radical (unpaired) electrons. The van der Waals surface area contributed by atoms with Crippen molar-refractivity contribution < 1.29 is 28.6 Å².